The summed E-state index contributed by atoms with van der Waals surface area (Å²) >= 11 is 3.36. The summed E-state index contributed by atoms with van der Waals surface area (Å²) in [5, 5.41) is 13.4. The number of halogens is 1. The third-order valence-corrected chi connectivity index (χ3v) is 3.75. The van der Waals surface area contributed by atoms with E-state index < -0.39 is 11.5 Å². The Balaban J connectivity index is 2.04. The van der Waals surface area contributed by atoms with Gasteiger partial charge < -0.3 is 10.4 Å². The first-order chi connectivity index (χ1) is 9.09. The predicted molar refractivity (Wildman–Crippen MR) is 74.6 cm³/mol. The maximum absolute atomic E-state index is 12.1. The highest BCUT2D eigenvalue weighted by Gasteiger charge is 2.45. The van der Waals surface area contributed by atoms with E-state index in [9.17, 15) is 9.90 Å². The van der Waals surface area contributed by atoms with Crippen LogP contribution in [0.4, 0.5) is 5.69 Å². The van der Waals surface area contributed by atoms with Gasteiger partial charge in [-0.15, -0.1) is 0 Å². The molecule has 96 valence electrons. The van der Waals surface area contributed by atoms with Gasteiger partial charge in [0.2, 0.25) is 0 Å². The maximum Gasteiger partial charge on any atom is 0.261 e. The van der Waals surface area contributed by atoms with E-state index in [-0.39, 0.29) is 6.42 Å². The first-order valence-electron chi connectivity index (χ1n) is 5.82. The SMILES string of the molecule is O=C1Nc2ccc(Br)cc2[C@@]1(O)Cc1ccncc1. The van der Waals surface area contributed by atoms with Gasteiger partial charge in [0.1, 0.15) is 0 Å². The Morgan fingerprint density at radius 2 is 2.00 bits per heavy atom. The van der Waals surface area contributed by atoms with Crippen LogP contribution in [-0.4, -0.2) is 16.0 Å². The Kier molecular flexibility index (Phi) is 2.88. The average molecular weight is 319 g/mol. The standard InChI is InChI=1S/C14H11BrN2O2/c15-10-1-2-12-11(7-10)14(19,13(18)17-12)8-9-3-5-16-6-4-9/h1-7,19H,8H2,(H,17,18)/t14-/m0/s1. The number of nitrogens with zero attached hydrogens (tertiary/aromatic N) is 1. The number of pyridine rings is 1. The molecule has 0 saturated carbocycles. The lowest BCUT2D eigenvalue weighted by atomic mass is 9.89. The van der Waals surface area contributed by atoms with Crippen LogP contribution in [0.2, 0.25) is 0 Å². The Labute approximate surface area is 118 Å². The number of carbonyl (C=O) groups is 1. The summed E-state index contributed by atoms with van der Waals surface area (Å²) in [7, 11) is 0. The van der Waals surface area contributed by atoms with E-state index >= 15 is 0 Å². The topological polar surface area (TPSA) is 62.2 Å². The fraction of sp³-hybridized carbons (Fsp3) is 0.143. The molecule has 5 heteroatoms. The molecule has 1 atom stereocenters. The molecule has 2 aromatic rings. The zero-order chi connectivity index (χ0) is 13.5. The number of fused-ring (bicyclic) bond motifs is 1. The van der Waals surface area contributed by atoms with Gasteiger partial charge in [0.25, 0.3) is 5.91 Å². The Bertz CT molecular complexity index is 645. The number of amides is 1. The number of hydrogen-bond acceptors (Lipinski definition) is 3. The van der Waals surface area contributed by atoms with E-state index in [0.717, 1.165) is 10.0 Å². The normalized spacial score (nSPS) is 21.1. The maximum atomic E-state index is 12.1. The first-order valence-corrected chi connectivity index (χ1v) is 6.62. The van der Waals surface area contributed by atoms with Crippen molar-refractivity contribution in [1.29, 1.82) is 0 Å². The highest BCUT2D eigenvalue weighted by Crippen LogP contribution is 2.39. The number of aromatic nitrogens is 1. The van der Waals surface area contributed by atoms with Gasteiger partial charge in [-0.05, 0) is 35.9 Å². The first kappa shape index (κ1) is 12.3. The molecule has 1 aromatic heterocycles. The molecule has 1 amide bonds. The lowest BCUT2D eigenvalue weighted by Gasteiger charge is -2.21. The minimum Gasteiger partial charge on any atom is -0.375 e. The molecular formula is C14H11BrN2O2. The highest BCUT2D eigenvalue weighted by atomic mass is 79.9. The summed E-state index contributed by atoms with van der Waals surface area (Å²) < 4.78 is 0.830. The van der Waals surface area contributed by atoms with Crippen LogP contribution in [0.15, 0.2) is 47.2 Å². The molecule has 4 nitrogen and oxygen atoms in total. The summed E-state index contributed by atoms with van der Waals surface area (Å²) in [6.45, 7) is 0. The molecule has 0 spiro atoms. The van der Waals surface area contributed by atoms with Crippen molar-refractivity contribution < 1.29 is 9.90 Å². The van der Waals surface area contributed by atoms with Crippen LogP contribution in [0.1, 0.15) is 11.1 Å². The highest BCUT2D eigenvalue weighted by molar-refractivity contribution is 9.10. The number of carbonyl (C=O) groups excluding carboxylic acids is 1. The average Bonchev–Trinajstić information content (AvgIpc) is 2.64. The number of anilines is 1. The Hall–Kier alpha value is -1.72. The third-order valence-electron chi connectivity index (χ3n) is 3.26. The lowest BCUT2D eigenvalue weighted by molar-refractivity contribution is -0.133. The summed E-state index contributed by atoms with van der Waals surface area (Å²) in [6.07, 6.45) is 3.52. The second-order valence-electron chi connectivity index (χ2n) is 4.54. The van der Waals surface area contributed by atoms with Gasteiger partial charge in [0.05, 0.1) is 0 Å². The fourth-order valence-corrected chi connectivity index (χ4v) is 2.65. The number of hydrogen-bond donors (Lipinski definition) is 2. The predicted octanol–water partition coefficient (Wildman–Crippen LogP) is 2.23. The molecule has 19 heavy (non-hydrogen) atoms. The fourth-order valence-electron chi connectivity index (χ4n) is 2.29. The molecule has 2 heterocycles. The van der Waals surface area contributed by atoms with Gasteiger partial charge in [-0.3, -0.25) is 9.78 Å². The molecule has 0 aliphatic carbocycles. The summed E-state index contributed by atoms with van der Waals surface area (Å²) in [5.41, 5.74) is 0.592. The zero-order valence-corrected chi connectivity index (χ0v) is 11.5. The zero-order valence-electron chi connectivity index (χ0n) is 9.93. The van der Waals surface area contributed by atoms with Gasteiger partial charge in [-0.1, -0.05) is 15.9 Å². The quantitative estimate of drug-likeness (QED) is 0.892. The van der Waals surface area contributed by atoms with E-state index in [0.29, 0.717) is 11.3 Å². The number of nitrogens with one attached hydrogen (secondary N) is 1. The molecule has 1 aromatic carbocycles. The van der Waals surface area contributed by atoms with E-state index in [2.05, 4.69) is 26.2 Å². The minimum absolute atomic E-state index is 0.227. The molecule has 3 rings (SSSR count). The van der Waals surface area contributed by atoms with Gasteiger partial charge in [0.15, 0.2) is 5.60 Å². The summed E-state index contributed by atoms with van der Waals surface area (Å²) in [6, 6.07) is 8.97. The van der Waals surface area contributed by atoms with Gasteiger partial charge >= 0.3 is 0 Å². The van der Waals surface area contributed by atoms with Crippen molar-refractivity contribution >= 4 is 27.5 Å². The lowest BCUT2D eigenvalue weighted by Crippen LogP contribution is -2.36. The molecular weight excluding hydrogens is 308 g/mol. The monoisotopic (exact) mass is 318 g/mol. The minimum atomic E-state index is -1.53. The van der Waals surface area contributed by atoms with E-state index in [1.807, 2.05) is 6.07 Å². The van der Waals surface area contributed by atoms with E-state index in [4.69, 9.17) is 0 Å². The number of benzene rings is 1. The van der Waals surface area contributed by atoms with Crippen molar-refractivity contribution in [2.45, 2.75) is 12.0 Å². The van der Waals surface area contributed by atoms with Gasteiger partial charge in [-0.25, -0.2) is 0 Å². The van der Waals surface area contributed by atoms with Crippen molar-refractivity contribution in [3.63, 3.8) is 0 Å². The van der Waals surface area contributed by atoms with Crippen LogP contribution in [0.25, 0.3) is 0 Å². The molecule has 1 aliphatic rings. The summed E-state index contributed by atoms with van der Waals surface area (Å²) in [4.78, 5) is 16.0. The van der Waals surface area contributed by atoms with Gasteiger partial charge in [-0.2, -0.15) is 0 Å². The van der Waals surface area contributed by atoms with Crippen molar-refractivity contribution in [2.24, 2.45) is 0 Å². The number of rotatable bonds is 2. The van der Waals surface area contributed by atoms with Crippen molar-refractivity contribution in [3.05, 3.63) is 58.3 Å². The largest absolute Gasteiger partial charge is 0.375 e. The molecule has 0 bridgehead atoms. The van der Waals surface area contributed by atoms with E-state index in [1.165, 1.54) is 0 Å². The van der Waals surface area contributed by atoms with Crippen molar-refractivity contribution in [3.8, 4) is 0 Å². The van der Waals surface area contributed by atoms with Crippen LogP contribution < -0.4 is 5.32 Å². The second-order valence-corrected chi connectivity index (χ2v) is 5.45. The van der Waals surface area contributed by atoms with Gasteiger partial charge in [0, 0.05) is 34.5 Å². The van der Waals surface area contributed by atoms with Crippen molar-refractivity contribution in [2.75, 3.05) is 5.32 Å². The molecule has 0 unspecified atom stereocenters. The van der Waals surface area contributed by atoms with Crippen LogP contribution in [0.5, 0.6) is 0 Å². The summed E-state index contributed by atoms with van der Waals surface area (Å²) in [5.74, 6) is -0.391. The number of aliphatic hydroxyl groups is 1. The molecule has 0 fully saturated rings. The Morgan fingerprint density at radius 3 is 2.74 bits per heavy atom. The Morgan fingerprint density at radius 1 is 1.26 bits per heavy atom. The van der Waals surface area contributed by atoms with E-state index in [1.54, 1.807) is 36.7 Å². The molecule has 1 aliphatic heterocycles. The van der Waals surface area contributed by atoms with Crippen LogP contribution >= 0.6 is 15.9 Å². The molecule has 0 saturated heterocycles. The third kappa shape index (κ3) is 2.05. The van der Waals surface area contributed by atoms with Crippen molar-refractivity contribution in [1.82, 2.24) is 4.98 Å². The molecule has 2 N–H and O–H groups in total. The van der Waals surface area contributed by atoms with Crippen LogP contribution in [0.3, 0.4) is 0 Å². The van der Waals surface area contributed by atoms with Crippen LogP contribution in [-0.2, 0) is 16.8 Å². The second kappa shape index (κ2) is 4.43. The van der Waals surface area contributed by atoms with Crippen LogP contribution in [0, 0.1) is 0 Å². The smallest absolute Gasteiger partial charge is 0.261 e. The molecule has 0 radical (unpaired) electrons.